The molecule has 0 saturated carbocycles. The zero-order valence-corrected chi connectivity index (χ0v) is 19.5. The van der Waals surface area contributed by atoms with E-state index in [2.05, 4.69) is 10.00 Å². The van der Waals surface area contributed by atoms with E-state index in [1.165, 1.54) is 34.7 Å². The lowest BCUT2D eigenvalue weighted by Crippen LogP contribution is -2.61. The van der Waals surface area contributed by atoms with Gasteiger partial charge >= 0.3 is 0 Å². The molecule has 0 radical (unpaired) electrons. The summed E-state index contributed by atoms with van der Waals surface area (Å²) in [6.45, 7) is 3.21. The van der Waals surface area contributed by atoms with E-state index < -0.39 is 29.9 Å². The predicted molar refractivity (Wildman–Crippen MR) is 121 cm³/mol. The molecule has 2 atom stereocenters. The first kappa shape index (κ1) is 23.0. The van der Waals surface area contributed by atoms with Gasteiger partial charge in [-0.1, -0.05) is 17.7 Å². The highest BCUT2D eigenvalue weighted by Crippen LogP contribution is 2.56. The molecule has 176 valence electrons. The zero-order chi connectivity index (χ0) is 23.4. The van der Waals surface area contributed by atoms with Gasteiger partial charge in [0.1, 0.15) is 18.1 Å². The number of thioether (sulfide) groups is 1. The Morgan fingerprint density at radius 2 is 2.09 bits per heavy atom. The minimum Gasteiger partial charge on any atom is -0.367 e. The van der Waals surface area contributed by atoms with Crippen LogP contribution in [0.2, 0.25) is 0 Å². The second kappa shape index (κ2) is 8.45. The van der Waals surface area contributed by atoms with Crippen molar-refractivity contribution in [3.8, 4) is 5.69 Å². The average Bonchev–Trinajstić information content (AvgIpc) is 3.36. The molecular formula is C23H23ClF3N3O2S. The van der Waals surface area contributed by atoms with Crippen molar-refractivity contribution in [2.45, 2.75) is 43.1 Å². The number of aryl methyl sites for hydroxylation is 1. The van der Waals surface area contributed by atoms with E-state index in [4.69, 9.17) is 16.3 Å². The van der Waals surface area contributed by atoms with Crippen LogP contribution in [-0.2, 0) is 11.3 Å². The topological polar surface area (TPSA) is 47.4 Å². The standard InChI is InChI=1S/C23H23ClF3N3O2S/c1-14-16(11-30(28-14)20-15(12-31)3-2-4-18(20)25)10-29-7-5-22(6-8-29)21-17(9-19(24)33-21)23(26,27)13-32-22/h2-4,9,11-12,17,21H,5-8,10,13H2,1H3. The Morgan fingerprint density at radius 3 is 2.82 bits per heavy atom. The molecule has 2 aromatic rings. The van der Waals surface area contributed by atoms with Crippen molar-refractivity contribution in [1.29, 1.82) is 0 Å². The van der Waals surface area contributed by atoms with E-state index in [0.717, 1.165) is 11.3 Å². The molecule has 4 heterocycles. The molecule has 0 aliphatic carbocycles. The lowest BCUT2D eigenvalue weighted by Gasteiger charge is -2.51. The summed E-state index contributed by atoms with van der Waals surface area (Å²) in [5.74, 6) is -4.32. The Hall–Kier alpha value is -1.81. The number of hydrogen-bond acceptors (Lipinski definition) is 5. The molecule has 1 spiro atoms. The highest BCUT2D eigenvalue weighted by atomic mass is 35.5. The Kier molecular flexibility index (Phi) is 5.87. The largest absolute Gasteiger partial charge is 0.367 e. The van der Waals surface area contributed by atoms with Crippen molar-refractivity contribution >= 4 is 29.6 Å². The van der Waals surface area contributed by atoms with Crippen LogP contribution >= 0.6 is 23.4 Å². The van der Waals surface area contributed by atoms with Gasteiger partial charge in [-0.15, -0.1) is 11.8 Å². The molecular weight excluding hydrogens is 475 g/mol. The normalized spacial score (nSPS) is 26.3. The fraction of sp³-hybridized carbons (Fsp3) is 0.478. The third-order valence-corrected chi connectivity index (χ3v) is 8.64. The minimum absolute atomic E-state index is 0.129. The van der Waals surface area contributed by atoms with Crippen molar-refractivity contribution in [3.63, 3.8) is 0 Å². The van der Waals surface area contributed by atoms with Crippen molar-refractivity contribution in [2.24, 2.45) is 5.92 Å². The number of carbonyl (C=O) groups is 1. The Labute approximate surface area is 198 Å². The van der Waals surface area contributed by atoms with Gasteiger partial charge in [0.2, 0.25) is 0 Å². The van der Waals surface area contributed by atoms with Crippen LogP contribution in [0.25, 0.3) is 5.69 Å². The number of piperidine rings is 1. The van der Waals surface area contributed by atoms with Crippen molar-refractivity contribution in [3.05, 3.63) is 57.5 Å². The smallest absolute Gasteiger partial charge is 0.278 e. The summed E-state index contributed by atoms with van der Waals surface area (Å²) in [4.78, 5) is 13.6. The molecule has 5 rings (SSSR count). The van der Waals surface area contributed by atoms with E-state index >= 15 is 0 Å². The highest BCUT2D eigenvalue weighted by Gasteiger charge is 2.60. The summed E-state index contributed by atoms with van der Waals surface area (Å²) in [5, 5.41) is 4.04. The van der Waals surface area contributed by atoms with E-state index in [0.29, 0.717) is 43.1 Å². The van der Waals surface area contributed by atoms with Crippen LogP contribution in [-0.4, -0.2) is 57.4 Å². The molecule has 5 nitrogen and oxygen atoms in total. The summed E-state index contributed by atoms with van der Waals surface area (Å²) in [7, 11) is 0. The van der Waals surface area contributed by atoms with Gasteiger partial charge in [-0.05, 0) is 38.0 Å². The molecule has 1 aromatic heterocycles. The monoisotopic (exact) mass is 497 g/mol. The Bertz CT molecular complexity index is 1110. The van der Waals surface area contributed by atoms with Crippen molar-refractivity contribution < 1.29 is 22.7 Å². The number of halogens is 4. The summed E-state index contributed by atoms with van der Waals surface area (Å²) in [5.41, 5.74) is 1.40. The van der Waals surface area contributed by atoms with Crippen LogP contribution in [0.15, 0.2) is 34.8 Å². The highest BCUT2D eigenvalue weighted by molar-refractivity contribution is 8.05. The summed E-state index contributed by atoms with van der Waals surface area (Å²) in [6, 6.07) is 4.34. The van der Waals surface area contributed by atoms with E-state index in [-0.39, 0.29) is 16.5 Å². The number of benzene rings is 1. The van der Waals surface area contributed by atoms with Gasteiger partial charge in [0.25, 0.3) is 5.92 Å². The average molecular weight is 498 g/mol. The zero-order valence-electron chi connectivity index (χ0n) is 17.9. The summed E-state index contributed by atoms with van der Waals surface area (Å²) < 4.78 is 50.8. The lowest BCUT2D eigenvalue weighted by atomic mass is 9.77. The number of likely N-dealkylation sites (tertiary alicyclic amines) is 1. The number of ether oxygens (including phenoxy) is 1. The molecule has 2 saturated heterocycles. The van der Waals surface area contributed by atoms with Crippen LogP contribution in [0.5, 0.6) is 0 Å². The van der Waals surface area contributed by atoms with Gasteiger partial charge in [-0.3, -0.25) is 9.69 Å². The first-order valence-electron chi connectivity index (χ1n) is 10.8. The van der Waals surface area contributed by atoms with Crippen LogP contribution in [0.1, 0.15) is 34.5 Å². The third kappa shape index (κ3) is 4.03. The third-order valence-electron chi connectivity index (χ3n) is 6.91. The lowest BCUT2D eigenvalue weighted by molar-refractivity contribution is -0.215. The number of allylic oxidation sites excluding steroid dienone is 1. The molecule has 0 bridgehead atoms. The van der Waals surface area contributed by atoms with Crippen LogP contribution in [0.4, 0.5) is 13.2 Å². The first-order valence-corrected chi connectivity index (χ1v) is 12.1. The van der Waals surface area contributed by atoms with Crippen LogP contribution < -0.4 is 0 Å². The molecule has 1 aromatic carbocycles. The number of aldehydes is 1. The molecule has 3 aliphatic heterocycles. The summed E-state index contributed by atoms with van der Waals surface area (Å²) >= 11 is 7.42. The number of rotatable bonds is 4. The van der Waals surface area contributed by atoms with Crippen molar-refractivity contribution in [1.82, 2.24) is 14.7 Å². The van der Waals surface area contributed by atoms with Crippen molar-refractivity contribution in [2.75, 3.05) is 19.7 Å². The minimum atomic E-state index is -2.91. The molecule has 2 fully saturated rings. The predicted octanol–water partition coefficient (Wildman–Crippen LogP) is 4.94. The quantitative estimate of drug-likeness (QED) is 0.560. The van der Waals surface area contributed by atoms with Gasteiger partial charge < -0.3 is 4.74 Å². The Balaban J connectivity index is 1.30. The van der Waals surface area contributed by atoms with Crippen LogP contribution in [0.3, 0.4) is 0 Å². The van der Waals surface area contributed by atoms with E-state index in [9.17, 15) is 18.0 Å². The van der Waals surface area contributed by atoms with Gasteiger partial charge in [0.05, 0.1) is 26.8 Å². The van der Waals surface area contributed by atoms with Gasteiger partial charge in [-0.25, -0.2) is 17.9 Å². The SMILES string of the molecule is Cc1nn(-c2c(F)cccc2C=O)cc1CN1CCC2(CC1)OCC(F)(F)C1C=C(Cl)SC12. The Morgan fingerprint density at radius 1 is 1.33 bits per heavy atom. The van der Waals surface area contributed by atoms with Crippen LogP contribution in [0, 0.1) is 18.7 Å². The van der Waals surface area contributed by atoms with Gasteiger partial charge in [-0.2, -0.15) is 5.10 Å². The first-order chi connectivity index (χ1) is 15.7. The second-order valence-electron chi connectivity index (χ2n) is 8.91. The molecule has 3 aliphatic rings. The second-order valence-corrected chi connectivity index (χ2v) is 10.7. The number of carbonyl (C=O) groups excluding carboxylic acids is 1. The van der Waals surface area contributed by atoms with Gasteiger partial charge in [0.15, 0.2) is 6.29 Å². The number of aromatic nitrogens is 2. The maximum atomic E-state index is 14.4. The number of alkyl halides is 2. The number of fused-ring (bicyclic) bond motifs is 2. The molecule has 0 amide bonds. The number of para-hydroxylation sites is 1. The fourth-order valence-corrected chi connectivity index (χ4v) is 6.89. The summed E-state index contributed by atoms with van der Waals surface area (Å²) in [6.07, 6.45) is 5.11. The number of nitrogens with zero attached hydrogens (tertiary/aromatic N) is 3. The molecule has 2 unspecified atom stereocenters. The maximum Gasteiger partial charge on any atom is 0.278 e. The molecule has 33 heavy (non-hydrogen) atoms. The molecule has 0 N–H and O–H groups in total. The van der Waals surface area contributed by atoms with Gasteiger partial charge in [0, 0.05) is 37.0 Å². The van der Waals surface area contributed by atoms with E-state index in [1.54, 1.807) is 12.3 Å². The molecule has 10 heteroatoms. The van der Waals surface area contributed by atoms with E-state index in [1.807, 2.05) is 6.92 Å². The number of hydrogen-bond donors (Lipinski definition) is 0. The maximum absolute atomic E-state index is 14.4. The fourth-order valence-electron chi connectivity index (χ4n) is 5.05.